The molecule has 4 nitrogen and oxygen atoms in total. The summed E-state index contributed by atoms with van der Waals surface area (Å²) in [5.41, 5.74) is 11.1. The molecule has 0 unspecified atom stereocenters. The maximum Gasteiger partial charge on any atom is 0.142 e. The van der Waals surface area contributed by atoms with Crippen LogP contribution < -0.4 is 5.73 Å². The largest absolute Gasteiger partial charge is 0.507 e. The molecule has 20 heavy (non-hydrogen) atoms. The topological polar surface area (TPSA) is 72.0 Å². The number of hydrogen-bond acceptors (Lipinski definition) is 4. The smallest absolute Gasteiger partial charge is 0.142 e. The fourth-order valence-electron chi connectivity index (χ4n) is 2.33. The van der Waals surface area contributed by atoms with Crippen molar-refractivity contribution < 1.29 is 5.11 Å². The average molecular weight is 265 g/mol. The number of hydrogen-bond donors (Lipinski definition) is 2. The third kappa shape index (κ3) is 2.05. The Balaban J connectivity index is 2.19. The molecule has 0 aliphatic carbocycles. The van der Waals surface area contributed by atoms with E-state index in [9.17, 15) is 5.11 Å². The number of anilines is 1. The van der Waals surface area contributed by atoms with Crippen LogP contribution in [0.3, 0.4) is 0 Å². The summed E-state index contributed by atoms with van der Waals surface area (Å²) in [7, 11) is 0. The van der Waals surface area contributed by atoms with Gasteiger partial charge in [-0.2, -0.15) is 0 Å². The highest BCUT2D eigenvalue weighted by molar-refractivity contribution is 5.82. The Kier molecular flexibility index (Phi) is 2.79. The summed E-state index contributed by atoms with van der Waals surface area (Å²) < 4.78 is 0. The van der Waals surface area contributed by atoms with Gasteiger partial charge in [0.05, 0.1) is 17.2 Å². The molecular weight excluding hydrogens is 250 g/mol. The number of nitrogen functional groups attached to an aromatic ring is 1. The van der Waals surface area contributed by atoms with E-state index in [1.807, 2.05) is 44.2 Å². The molecule has 0 bridgehead atoms. The fraction of sp³-hybridized carbons (Fsp3) is 0.125. The van der Waals surface area contributed by atoms with Crippen molar-refractivity contribution in [2.24, 2.45) is 0 Å². The van der Waals surface area contributed by atoms with Crippen LogP contribution in [0.4, 0.5) is 5.82 Å². The number of aromatic nitrogens is 2. The first-order valence-corrected chi connectivity index (χ1v) is 6.37. The van der Waals surface area contributed by atoms with Gasteiger partial charge in [-0.05, 0) is 60.4 Å². The van der Waals surface area contributed by atoms with Gasteiger partial charge in [0.1, 0.15) is 11.6 Å². The predicted molar refractivity (Wildman–Crippen MR) is 80.5 cm³/mol. The van der Waals surface area contributed by atoms with Crippen molar-refractivity contribution in [1.82, 2.24) is 9.97 Å². The molecule has 2 aromatic carbocycles. The monoisotopic (exact) mass is 265 g/mol. The van der Waals surface area contributed by atoms with E-state index in [-0.39, 0.29) is 0 Å². The molecule has 0 saturated heterocycles. The SMILES string of the molecule is Cc1cc(-c2ccc3ncc(N)nc3c2)cc(C)c1O. The van der Waals surface area contributed by atoms with Gasteiger partial charge in [-0.3, -0.25) is 4.98 Å². The van der Waals surface area contributed by atoms with Crippen LogP contribution in [-0.4, -0.2) is 15.1 Å². The van der Waals surface area contributed by atoms with E-state index in [1.165, 1.54) is 0 Å². The molecule has 0 atom stereocenters. The molecule has 1 aromatic heterocycles. The van der Waals surface area contributed by atoms with Crippen LogP contribution in [0.2, 0.25) is 0 Å². The first-order valence-electron chi connectivity index (χ1n) is 6.37. The Labute approximate surface area is 116 Å². The maximum atomic E-state index is 9.85. The quantitative estimate of drug-likeness (QED) is 0.708. The molecular formula is C16H15N3O. The lowest BCUT2D eigenvalue weighted by molar-refractivity contribution is 0.467. The molecule has 3 N–H and O–H groups in total. The molecule has 100 valence electrons. The standard InChI is InChI=1S/C16H15N3O/c1-9-5-12(6-10(2)16(9)20)11-3-4-13-14(7-11)19-15(17)8-18-13/h3-8,20H,1-2H3,(H2,17,19). The number of rotatable bonds is 1. The Morgan fingerprint density at radius 1 is 0.950 bits per heavy atom. The molecule has 0 saturated carbocycles. The fourth-order valence-corrected chi connectivity index (χ4v) is 2.33. The van der Waals surface area contributed by atoms with Gasteiger partial charge in [0.15, 0.2) is 0 Å². The van der Waals surface area contributed by atoms with Crippen molar-refractivity contribution in [3.05, 3.63) is 47.7 Å². The Morgan fingerprint density at radius 3 is 2.35 bits per heavy atom. The second-order valence-corrected chi connectivity index (χ2v) is 4.96. The van der Waals surface area contributed by atoms with Crippen LogP contribution in [0.5, 0.6) is 5.75 Å². The third-order valence-electron chi connectivity index (χ3n) is 3.39. The zero-order chi connectivity index (χ0) is 14.3. The molecule has 3 rings (SSSR count). The molecule has 0 aliphatic heterocycles. The Morgan fingerprint density at radius 2 is 1.65 bits per heavy atom. The molecule has 0 fully saturated rings. The van der Waals surface area contributed by atoms with E-state index in [2.05, 4.69) is 9.97 Å². The molecule has 1 heterocycles. The number of phenolic OH excluding ortho intramolecular Hbond substituents is 1. The summed E-state index contributed by atoms with van der Waals surface area (Å²) >= 11 is 0. The number of aromatic hydroxyl groups is 1. The molecule has 0 spiro atoms. The summed E-state index contributed by atoms with van der Waals surface area (Å²) in [6, 6.07) is 9.81. The van der Waals surface area contributed by atoms with Crippen molar-refractivity contribution in [1.29, 1.82) is 0 Å². The van der Waals surface area contributed by atoms with E-state index in [0.717, 1.165) is 33.3 Å². The summed E-state index contributed by atoms with van der Waals surface area (Å²) in [5, 5.41) is 9.85. The first-order chi connectivity index (χ1) is 9.54. The first kappa shape index (κ1) is 12.4. The van der Waals surface area contributed by atoms with Gasteiger partial charge in [0.25, 0.3) is 0 Å². The number of aryl methyl sites for hydroxylation is 2. The van der Waals surface area contributed by atoms with Gasteiger partial charge in [0, 0.05) is 0 Å². The summed E-state index contributed by atoms with van der Waals surface area (Å²) in [6.45, 7) is 3.79. The highest BCUT2D eigenvalue weighted by Crippen LogP contribution is 2.30. The number of nitrogens with zero attached hydrogens (tertiary/aromatic N) is 2. The van der Waals surface area contributed by atoms with Crippen molar-refractivity contribution in [2.45, 2.75) is 13.8 Å². The van der Waals surface area contributed by atoms with Crippen LogP contribution in [0.25, 0.3) is 22.2 Å². The van der Waals surface area contributed by atoms with Gasteiger partial charge in [-0.15, -0.1) is 0 Å². The number of fused-ring (bicyclic) bond motifs is 1. The zero-order valence-electron chi connectivity index (χ0n) is 11.4. The van der Waals surface area contributed by atoms with E-state index in [4.69, 9.17) is 5.73 Å². The van der Waals surface area contributed by atoms with Crippen LogP contribution >= 0.6 is 0 Å². The average Bonchev–Trinajstić information content (AvgIpc) is 2.43. The van der Waals surface area contributed by atoms with E-state index >= 15 is 0 Å². The Hall–Kier alpha value is -2.62. The molecule has 3 aromatic rings. The molecule has 4 heteroatoms. The maximum absolute atomic E-state index is 9.85. The number of nitrogens with two attached hydrogens (primary N) is 1. The normalized spacial score (nSPS) is 10.9. The highest BCUT2D eigenvalue weighted by atomic mass is 16.3. The number of benzene rings is 2. The Bertz CT molecular complexity index is 789. The highest BCUT2D eigenvalue weighted by Gasteiger charge is 2.07. The minimum atomic E-state index is 0.346. The van der Waals surface area contributed by atoms with Crippen LogP contribution in [0, 0.1) is 13.8 Å². The van der Waals surface area contributed by atoms with Crippen molar-refractivity contribution in [3.63, 3.8) is 0 Å². The molecule has 0 amide bonds. The van der Waals surface area contributed by atoms with Crippen LogP contribution in [-0.2, 0) is 0 Å². The lowest BCUT2D eigenvalue weighted by Crippen LogP contribution is -1.93. The number of phenols is 1. The minimum absolute atomic E-state index is 0.346. The zero-order valence-corrected chi connectivity index (χ0v) is 11.4. The summed E-state index contributed by atoms with van der Waals surface area (Å²) in [5.74, 6) is 0.756. The third-order valence-corrected chi connectivity index (χ3v) is 3.39. The van der Waals surface area contributed by atoms with E-state index < -0.39 is 0 Å². The second kappa shape index (κ2) is 4.49. The van der Waals surface area contributed by atoms with Crippen LogP contribution in [0.1, 0.15) is 11.1 Å². The van der Waals surface area contributed by atoms with Crippen molar-refractivity contribution in [3.8, 4) is 16.9 Å². The van der Waals surface area contributed by atoms with Gasteiger partial charge in [-0.1, -0.05) is 6.07 Å². The molecule has 0 radical (unpaired) electrons. The van der Waals surface area contributed by atoms with Gasteiger partial charge < -0.3 is 10.8 Å². The van der Waals surface area contributed by atoms with Gasteiger partial charge >= 0.3 is 0 Å². The van der Waals surface area contributed by atoms with Crippen LogP contribution in [0.15, 0.2) is 36.5 Å². The van der Waals surface area contributed by atoms with Gasteiger partial charge in [0.2, 0.25) is 0 Å². The minimum Gasteiger partial charge on any atom is -0.507 e. The summed E-state index contributed by atoms with van der Waals surface area (Å²) in [6.07, 6.45) is 1.55. The second-order valence-electron chi connectivity index (χ2n) is 4.96. The van der Waals surface area contributed by atoms with E-state index in [0.29, 0.717) is 11.6 Å². The summed E-state index contributed by atoms with van der Waals surface area (Å²) in [4.78, 5) is 8.53. The van der Waals surface area contributed by atoms with Crippen molar-refractivity contribution >= 4 is 16.9 Å². The van der Waals surface area contributed by atoms with Gasteiger partial charge in [-0.25, -0.2) is 4.98 Å². The predicted octanol–water partition coefficient (Wildman–Crippen LogP) is 3.20. The lowest BCUT2D eigenvalue weighted by atomic mass is 9.99. The van der Waals surface area contributed by atoms with Crippen molar-refractivity contribution in [2.75, 3.05) is 5.73 Å². The molecule has 0 aliphatic rings. The lowest BCUT2D eigenvalue weighted by Gasteiger charge is -2.09. The van der Waals surface area contributed by atoms with E-state index in [1.54, 1.807) is 6.20 Å².